The van der Waals surface area contributed by atoms with Crippen LogP contribution in [0.2, 0.25) is 0 Å². The summed E-state index contributed by atoms with van der Waals surface area (Å²) in [6, 6.07) is 11.0. The van der Waals surface area contributed by atoms with Crippen molar-refractivity contribution in [3.05, 3.63) is 61.2 Å². The molecule has 0 N–H and O–H groups in total. The van der Waals surface area contributed by atoms with E-state index in [1.807, 2.05) is 31.2 Å². The van der Waals surface area contributed by atoms with Gasteiger partial charge in [-0.05, 0) is 43.9 Å². The van der Waals surface area contributed by atoms with E-state index in [-0.39, 0.29) is 12.2 Å². The molecule has 1 aromatic carbocycles. The highest BCUT2D eigenvalue weighted by molar-refractivity contribution is 5.70. The van der Waals surface area contributed by atoms with E-state index in [0.29, 0.717) is 30.6 Å². The molecule has 4 rings (SSSR count). The summed E-state index contributed by atoms with van der Waals surface area (Å²) in [6.07, 6.45) is 7.91. The highest BCUT2D eigenvalue weighted by atomic mass is 16.6. The van der Waals surface area contributed by atoms with Crippen LogP contribution in [0.3, 0.4) is 0 Å². The molecular formula is C22H23N5O3. The minimum atomic E-state index is -0.305. The van der Waals surface area contributed by atoms with Gasteiger partial charge in [0.25, 0.3) is 0 Å². The molecule has 154 valence electrons. The van der Waals surface area contributed by atoms with Crippen LogP contribution in [-0.4, -0.2) is 50.4 Å². The zero-order chi connectivity index (χ0) is 20.8. The molecule has 0 saturated carbocycles. The molecule has 0 radical (unpaired) electrons. The molecule has 30 heavy (non-hydrogen) atoms. The van der Waals surface area contributed by atoms with E-state index in [1.165, 1.54) is 0 Å². The van der Waals surface area contributed by atoms with E-state index in [1.54, 1.807) is 41.8 Å². The van der Waals surface area contributed by atoms with Gasteiger partial charge in [0.05, 0.1) is 30.5 Å². The molecule has 1 saturated heterocycles. The van der Waals surface area contributed by atoms with Gasteiger partial charge in [0.1, 0.15) is 11.9 Å². The molecule has 0 bridgehead atoms. The van der Waals surface area contributed by atoms with Crippen LogP contribution in [0.5, 0.6) is 11.6 Å². The predicted molar refractivity (Wildman–Crippen MR) is 110 cm³/mol. The van der Waals surface area contributed by atoms with Crippen molar-refractivity contribution in [2.45, 2.75) is 25.9 Å². The van der Waals surface area contributed by atoms with Crippen molar-refractivity contribution in [3.63, 3.8) is 0 Å². The Balaban J connectivity index is 1.27. The number of carbonyl (C=O) groups excluding carboxylic acids is 1. The highest BCUT2D eigenvalue weighted by Crippen LogP contribution is 2.25. The molecule has 1 aliphatic rings. The topological polar surface area (TPSA) is 90.3 Å². The summed E-state index contributed by atoms with van der Waals surface area (Å²) in [4.78, 5) is 22.8. The van der Waals surface area contributed by atoms with E-state index in [9.17, 15) is 4.79 Å². The number of nitrogens with zero attached hydrogens (tertiary/aromatic N) is 5. The van der Waals surface area contributed by atoms with Gasteiger partial charge in [-0.3, -0.25) is 0 Å². The summed E-state index contributed by atoms with van der Waals surface area (Å²) in [5.41, 5.74) is 1.57. The SMILES string of the molecule is C[C@H](Oc1cnc(-c2ccnnc2)cn1)C1CCN(C(=O)Oc2ccccc2)CC1. The fourth-order valence-corrected chi connectivity index (χ4v) is 3.46. The molecule has 3 heterocycles. The fourth-order valence-electron chi connectivity index (χ4n) is 3.46. The van der Waals surface area contributed by atoms with Crippen LogP contribution in [-0.2, 0) is 0 Å². The number of carbonyl (C=O) groups is 1. The lowest BCUT2D eigenvalue weighted by Crippen LogP contribution is -2.43. The molecule has 1 amide bonds. The normalized spacial score (nSPS) is 15.4. The van der Waals surface area contributed by atoms with Gasteiger partial charge in [0.15, 0.2) is 0 Å². The number of ether oxygens (including phenoxy) is 2. The van der Waals surface area contributed by atoms with E-state index in [2.05, 4.69) is 20.2 Å². The summed E-state index contributed by atoms with van der Waals surface area (Å²) in [7, 11) is 0. The molecule has 1 atom stereocenters. The number of benzene rings is 1. The lowest BCUT2D eigenvalue weighted by Gasteiger charge is -2.34. The van der Waals surface area contributed by atoms with Crippen LogP contribution in [0.4, 0.5) is 4.79 Å². The fraction of sp³-hybridized carbons (Fsp3) is 0.318. The number of hydrogen-bond donors (Lipinski definition) is 0. The van der Waals surface area contributed by atoms with Gasteiger partial charge in [-0.2, -0.15) is 10.2 Å². The number of piperidine rings is 1. The van der Waals surface area contributed by atoms with E-state index in [0.717, 1.165) is 24.1 Å². The van der Waals surface area contributed by atoms with Crippen molar-refractivity contribution in [2.24, 2.45) is 5.92 Å². The minimum absolute atomic E-state index is 0.0277. The van der Waals surface area contributed by atoms with E-state index in [4.69, 9.17) is 9.47 Å². The molecule has 0 aliphatic carbocycles. The maximum absolute atomic E-state index is 12.3. The highest BCUT2D eigenvalue weighted by Gasteiger charge is 2.28. The molecular weight excluding hydrogens is 382 g/mol. The summed E-state index contributed by atoms with van der Waals surface area (Å²) in [6.45, 7) is 3.32. The smallest absolute Gasteiger partial charge is 0.415 e. The van der Waals surface area contributed by atoms with Crippen LogP contribution >= 0.6 is 0 Å². The number of aromatic nitrogens is 4. The summed E-state index contributed by atoms with van der Waals surface area (Å²) < 4.78 is 11.4. The van der Waals surface area contributed by atoms with Crippen molar-refractivity contribution in [3.8, 4) is 22.9 Å². The zero-order valence-electron chi connectivity index (χ0n) is 16.7. The molecule has 1 fully saturated rings. The molecule has 1 aliphatic heterocycles. The standard InChI is InChI=1S/C22H23N5O3/c1-16(29-21-15-23-20(14-24-21)18-7-10-25-26-13-18)17-8-11-27(12-9-17)22(28)30-19-5-3-2-4-6-19/h2-7,10,13-17H,8-9,11-12H2,1H3/t16-/m0/s1. The van der Waals surface area contributed by atoms with Gasteiger partial charge in [-0.1, -0.05) is 18.2 Å². The Morgan fingerprint density at radius 2 is 1.83 bits per heavy atom. The third-order valence-electron chi connectivity index (χ3n) is 5.22. The number of para-hydroxylation sites is 1. The minimum Gasteiger partial charge on any atom is -0.473 e. The molecule has 0 spiro atoms. The molecule has 3 aromatic rings. The summed E-state index contributed by atoms with van der Waals surface area (Å²) >= 11 is 0. The summed E-state index contributed by atoms with van der Waals surface area (Å²) in [5.74, 6) is 1.38. The Morgan fingerprint density at radius 1 is 1.03 bits per heavy atom. The number of rotatable bonds is 5. The first-order valence-electron chi connectivity index (χ1n) is 9.96. The Bertz CT molecular complexity index is 946. The molecule has 2 aromatic heterocycles. The largest absolute Gasteiger partial charge is 0.473 e. The zero-order valence-corrected chi connectivity index (χ0v) is 16.7. The van der Waals surface area contributed by atoms with E-state index < -0.39 is 0 Å². The average molecular weight is 405 g/mol. The van der Waals surface area contributed by atoms with Crippen LogP contribution in [0.1, 0.15) is 19.8 Å². The molecule has 0 unspecified atom stereocenters. The maximum Gasteiger partial charge on any atom is 0.415 e. The second-order valence-electron chi connectivity index (χ2n) is 7.20. The Kier molecular flexibility index (Phi) is 6.12. The van der Waals surface area contributed by atoms with Gasteiger partial charge >= 0.3 is 6.09 Å². The van der Waals surface area contributed by atoms with E-state index >= 15 is 0 Å². The van der Waals surface area contributed by atoms with Gasteiger partial charge in [-0.25, -0.2) is 14.8 Å². The van der Waals surface area contributed by atoms with Crippen molar-refractivity contribution in [1.82, 2.24) is 25.1 Å². The first-order chi connectivity index (χ1) is 14.7. The maximum atomic E-state index is 12.3. The Labute approximate surface area is 174 Å². The first kappa shape index (κ1) is 19.8. The number of hydrogen-bond acceptors (Lipinski definition) is 7. The van der Waals surface area contributed by atoms with Crippen LogP contribution < -0.4 is 9.47 Å². The van der Waals surface area contributed by atoms with Crippen LogP contribution in [0.15, 0.2) is 61.2 Å². The Hall–Kier alpha value is -3.55. The van der Waals surface area contributed by atoms with Crippen molar-refractivity contribution in [2.75, 3.05) is 13.1 Å². The number of likely N-dealkylation sites (tertiary alicyclic amines) is 1. The van der Waals surface area contributed by atoms with Crippen LogP contribution in [0, 0.1) is 5.92 Å². The van der Waals surface area contributed by atoms with Crippen molar-refractivity contribution < 1.29 is 14.3 Å². The van der Waals surface area contributed by atoms with Gasteiger partial charge in [-0.15, -0.1) is 0 Å². The average Bonchev–Trinajstić information content (AvgIpc) is 2.81. The second kappa shape index (κ2) is 9.30. The van der Waals surface area contributed by atoms with Crippen LogP contribution in [0.25, 0.3) is 11.3 Å². The lowest BCUT2D eigenvalue weighted by atomic mass is 9.92. The summed E-state index contributed by atoms with van der Waals surface area (Å²) in [5, 5.41) is 7.61. The van der Waals surface area contributed by atoms with Gasteiger partial charge in [0.2, 0.25) is 5.88 Å². The first-order valence-corrected chi connectivity index (χ1v) is 9.96. The monoisotopic (exact) mass is 405 g/mol. The number of amides is 1. The second-order valence-corrected chi connectivity index (χ2v) is 7.20. The van der Waals surface area contributed by atoms with Gasteiger partial charge < -0.3 is 14.4 Å². The van der Waals surface area contributed by atoms with Crippen molar-refractivity contribution in [1.29, 1.82) is 0 Å². The quantitative estimate of drug-likeness (QED) is 0.640. The predicted octanol–water partition coefficient (Wildman–Crippen LogP) is 3.61. The third kappa shape index (κ3) is 4.89. The third-order valence-corrected chi connectivity index (χ3v) is 5.22. The lowest BCUT2D eigenvalue weighted by molar-refractivity contribution is 0.0814. The van der Waals surface area contributed by atoms with Crippen molar-refractivity contribution >= 4 is 6.09 Å². The molecule has 8 nitrogen and oxygen atoms in total. The Morgan fingerprint density at radius 3 is 2.50 bits per heavy atom. The van der Waals surface area contributed by atoms with Gasteiger partial charge in [0, 0.05) is 18.7 Å². The molecule has 8 heteroatoms.